The molecule has 170 valence electrons. The molecular formula is C24H22Br2N4O2S. The average molecular weight is 590 g/mol. The van der Waals surface area contributed by atoms with E-state index in [-0.39, 0.29) is 17.6 Å². The van der Waals surface area contributed by atoms with E-state index in [9.17, 15) is 4.79 Å². The molecule has 0 radical (unpaired) electrons. The standard InChI is InChI=1S/C24H22Br2N4O2S/c1-4-9-30-23(21-11-15-10-16(25)6-8-20(15)32-21)28-29-24(30)33-13-22(31)27-19-7-5-17(26)12-18(19)14(2)3/h4-8,10-12,14H,1,9,13H2,2-3H3,(H,27,31). The highest BCUT2D eigenvalue weighted by atomic mass is 79.9. The van der Waals surface area contributed by atoms with Gasteiger partial charge in [-0.25, -0.2) is 0 Å². The van der Waals surface area contributed by atoms with Crippen LogP contribution < -0.4 is 5.32 Å². The van der Waals surface area contributed by atoms with Crippen LogP contribution in [0.2, 0.25) is 0 Å². The highest BCUT2D eigenvalue weighted by Gasteiger charge is 2.19. The van der Waals surface area contributed by atoms with Crippen molar-refractivity contribution in [2.45, 2.75) is 31.5 Å². The van der Waals surface area contributed by atoms with E-state index >= 15 is 0 Å². The fourth-order valence-corrected chi connectivity index (χ4v) is 4.94. The van der Waals surface area contributed by atoms with Gasteiger partial charge in [-0.2, -0.15) is 0 Å². The molecule has 9 heteroatoms. The van der Waals surface area contributed by atoms with Gasteiger partial charge < -0.3 is 9.73 Å². The van der Waals surface area contributed by atoms with Crippen molar-refractivity contribution < 1.29 is 9.21 Å². The van der Waals surface area contributed by atoms with Crippen LogP contribution in [0.3, 0.4) is 0 Å². The van der Waals surface area contributed by atoms with Crippen LogP contribution in [0.5, 0.6) is 0 Å². The zero-order valence-corrected chi connectivity index (χ0v) is 22.1. The van der Waals surface area contributed by atoms with Crippen molar-refractivity contribution in [1.29, 1.82) is 0 Å². The van der Waals surface area contributed by atoms with E-state index in [0.29, 0.717) is 23.3 Å². The molecule has 0 aliphatic heterocycles. The summed E-state index contributed by atoms with van der Waals surface area (Å²) < 4.78 is 9.85. The van der Waals surface area contributed by atoms with E-state index in [1.165, 1.54) is 11.8 Å². The summed E-state index contributed by atoms with van der Waals surface area (Å²) in [7, 11) is 0. The largest absolute Gasteiger partial charge is 0.453 e. The maximum atomic E-state index is 12.7. The highest BCUT2D eigenvalue weighted by molar-refractivity contribution is 9.10. The monoisotopic (exact) mass is 588 g/mol. The SMILES string of the molecule is C=CCn1c(SCC(=O)Nc2ccc(Br)cc2C(C)C)nnc1-c1cc2cc(Br)ccc2o1. The molecule has 0 spiro atoms. The number of halogens is 2. The van der Waals surface area contributed by atoms with E-state index < -0.39 is 0 Å². The minimum atomic E-state index is -0.104. The minimum absolute atomic E-state index is 0.104. The summed E-state index contributed by atoms with van der Waals surface area (Å²) >= 11 is 8.31. The lowest BCUT2D eigenvalue weighted by molar-refractivity contribution is -0.113. The molecule has 0 bridgehead atoms. The Morgan fingerprint density at radius 3 is 2.70 bits per heavy atom. The minimum Gasteiger partial charge on any atom is -0.453 e. The van der Waals surface area contributed by atoms with Crippen molar-refractivity contribution in [1.82, 2.24) is 14.8 Å². The number of rotatable bonds is 8. The Morgan fingerprint density at radius 1 is 1.18 bits per heavy atom. The predicted octanol–water partition coefficient (Wildman–Crippen LogP) is 7.26. The summed E-state index contributed by atoms with van der Waals surface area (Å²) in [4.78, 5) is 12.7. The predicted molar refractivity (Wildman–Crippen MR) is 141 cm³/mol. The Morgan fingerprint density at radius 2 is 1.94 bits per heavy atom. The molecule has 0 unspecified atom stereocenters. The summed E-state index contributed by atoms with van der Waals surface area (Å²) in [6, 6.07) is 13.6. The van der Waals surface area contributed by atoms with Crippen molar-refractivity contribution in [2.75, 3.05) is 11.1 Å². The molecular weight excluding hydrogens is 568 g/mol. The molecule has 4 aromatic rings. The number of fused-ring (bicyclic) bond motifs is 1. The van der Waals surface area contributed by atoms with Gasteiger partial charge in [-0.15, -0.1) is 16.8 Å². The fraction of sp³-hybridized carbons (Fsp3) is 0.208. The van der Waals surface area contributed by atoms with Crippen LogP contribution in [-0.2, 0) is 11.3 Å². The summed E-state index contributed by atoms with van der Waals surface area (Å²) in [5, 5.41) is 13.3. The van der Waals surface area contributed by atoms with Gasteiger partial charge in [0, 0.05) is 26.6 Å². The number of carbonyl (C=O) groups excluding carboxylic acids is 1. The third kappa shape index (κ3) is 5.42. The van der Waals surface area contributed by atoms with Gasteiger partial charge in [0.05, 0.1) is 5.75 Å². The number of furan rings is 1. The number of anilines is 1. The summed E-state index contributed by atoms with van der Waals surface area (Å²) in [6.45, 7) is 8.54. The molecule has 1 N–H and O–H groups in total. The maximum absolute atomic E-state index is 12.7. The molecule has 0 saturated carbocycles. The Hall–Kier alpha value is -2.36. The molecule has 0 saturated heterocycles. The molecule has 2 aromatic heterocycles. The van der Waals surface area contributed by atoms with Gasteiger partial charge in [-0.1, -0.05) is 63.5 Å². The van der Waals surface area contributed by atoms with Crippen molar-refractivity contribution >= 4 is 66.2 Å². The van der Waals surface area contributed by atoms with Crippen LogP contribution in [0.15, 0.2) is 73.6 Å². The van der Waals surface area contributed by atoms with E-state index in [1.807, 2.05) is 47.0 Å². The molecule has 6 nitrogen and oxygen atoms in total. The molecule has 2 aromatic carbocycles. The van der Waals surface area contributed by atoms with Crippen molar-refractivity contribution in [3.8, 4) is 11.6 Å². The van der Waals surface area contributed by atoms with Gasteiger partial charge in [0.1, 0.15) is 5.58 Å². The van der Waals surface area contributed by atoms with Crippen molar-refractivity contribution in [3.63, 3.8) is 0 Å². The van der Waals surface area contributed by atoms with Crippen LogP contribution >= 0.6 is 43.6 Å². The van der Waals surface area contributed by atoms with Gasteiger partial charge >= 0.3 is 0 Å². The van der Waals surface area contributed by atoms with E-state index in [0.717, 1.165) is 31.2 Å². The first-order chi connectivity index (χ1) is 15.9. The van der Waals surface area contributed by atoms with Crippen LogP contribution in [0, 0.1) is 0 Å². The first-order valence-corrected chi connectivity index (χ1v) is 12.9. The van der Waals surface area contributed by atoms with Gasteiger partial charge in [0.15, 0.2) is 10.9 Å². The third-order valence-corrected chi connectivity index (χ3v) is 6.92. The molecule has 4 rings (SSSR count). The lowest BCUT2D eigenvalue weighted by Crippen LogP contribution is -2.16. The van der Waals surface area contributed by atoms with E-state index in [2.05, 4.69) is 67.8 Å². The van der Waals surface area contributed by atoms with Crippen LogP contribution in [0.1, 0.15) is 25.3 Å². The number of hydrogen-bond acceptors (Lipinski definition) is 5. The van der Waals surface area contributed by atoms with E-state index in [4.69, 9.17) is 4.42 Å². The lowest BCUT2D eigenvalue weighted by Gasteiger charge is -2.14. The first kappa shape index (κ1) is 23.8. The Balaban J connectivity index is 1.52. The number of aromatic nitrogens is 3. The number of benzene rings is 2. The third-order valence-electron chi connectivity index (χ3n) is 4.97. The molecule has 0 aliphatic carbocycles. The van der Waals surface area contributed by atoms with Crippen LogP contribution in [0.25, 0.3) is 22.6 Å². The number of thioether (sulfide) groups is 1. The second kappa shape index (κ2) is 10.3. The molecule has 2 heterocycles. The molecule has 0 atom stereocenters. The quantitative estimate of drug-likeness (QED) is 0.173. The number of hydrogen-bond donors (Lipinski definition) is 1. The lowest BCUT2D eigenvalue weighted by atomic mass is 10.0. The Labute approximate surface area is 213 Å². The number of nitrogens with zero attached hydrogens (tertiary/aromatic N) is 3. The second-order valence-corrected chi connectivity index (χ2v) is 10.5. The number of nitrogens with one attached hydrogen (secondary N) is 1. The summed E-state index contributed by atoms with van der Waals surface area (Å²) in [5.74, 6) is 1.60. The van der Waals surface area contributed by atoms with Crippen molar-refractivity contribution in [3.05, 3.63) is 69.6 Å². The molecule has 1 amide bonds. The van der Waals surface area contributed by atoms with E-state index in [1.54, 1.807) is 6.08 Å². The molecule has 0 aliphatic rings. The van der Waals surface area contributed by atoms with Gasteiger partial charge in [0.25, 0.3) is 0 Å². The number of amides is 1. The summed E-state index contributed by atoms with van der Waals surface area (Å²) in [6.07, 6.45) is 1.77. The van der Waals surface area contributed by atoms with Gasteiger partial charge in [0.2, 0.25) is 11.7 Å². The smallest absolute Gasteiger partial charge is 0.234 e. The molecule has 0 fully saturated rings. The maximum Gasteiger partial charge on any atom is 0.234 e. The zero-order valence-electron chi connectivity index (χ0n) is 18.1. The molecule has 33 heavy (non-hydrogen) atoms. The van der Waals surface area contributed by atoms with Gasteiger partial charge in [-0.3, -0.25) is 9.36 Å². The zero-order chi connectivity index (χ0) is 23.5. The number of allylic oxidation sites excluding steroid dienone is 1. The van der Waals surface area contributed by atoms with Crippen molar-refractivity contribution in [2.24, 2.45) is 0 Å². The van der Waals surface area contributed by atoms with Crippen LogP contribution in [-0.4, -0.2) is 26.4 Å². The summed E-state index contributed by atoms with van der Waals surface area (Å²) in [5.41, 5.74) is 2.67. The van der Waals surface area contributed by atoms with Gasteiger partial charge in [-0.05, 0) is 53.9 Å². The Bertz CT molecular complexity index is 1330. The fourth-order valence-electron chi connectivity index (χ4n) is 3.44. The topological polar surface area (TPSA) is 73.0 Å². The normalized spacial score (nSPS) is 11.3. The first-order valence-electron chi connectivity index (χ1n) is 10.3. The number of carbonyl (C=O) groups is 1. The highest BCUT2D eigenvalue weighted by Crippen LogP contribution is 2.31. The average Bonchev–Trinajstić information content (AvgIpc) is 3.37. The second-order valence-electron chi connectivity index (χ2n) is 7.72. The van der Waals surface area contributed by atoms with Crippen LogP contribution in [0.4, 0.5) is 5.69 Å². The Kier molecular flexibility index (Phi) is 7.41.